The highest BCUT2D eigenvalue weighted by atomic mass is 16.5. The molecule has 116 valence electrons. The zero-order chi connectivity index (χ0) is 15.9. The molecule has 0 spiro atoms. The van der Waals surface area contributed by atoms with Crippen LogP contribution in [0.2, 0.25) is 0 Å². The van der Waals surface area contributed by atoms with Gasteiger partial charge in [0.05, 0.1) is 20.3 Å². The Kier molecular flexibility index (Phi) is 3.39. The van der Waals surface area contributed by atoms with E-state index in [2.05, 4.69) is 5.32 Å². The third-order valence-electron chi connectivity index (χ3n) is 4.72. The third-order valence-corrected chi connectivity index (χ3v) is 4.72. The standard InChI is InChI=1S/C16H17NO5/c1-21-14(19)16(15(20)22-2)8-9-5-3-4-6-10(9)13-11(16)7-12(18)17-13/h3-6,11,13H,7-8H2,1-2H3,(H,17,18)/t11-,13-/m0/s1. The molecule has 0 bridgehead atoms. The highest BCUT2D eigenvalue weighted by Crippen LogP contribution is 2.51. The Morgan fingerprint density at radius 2 is 1.82 bits per heavy atom. The molecule has 1 fully saturated rings. The molecule has 0 aromatic heterocycles. The summed E-state index contributed by atoms with van der Waals surface area (Å²) in [7, 11) is 2.49. The van der Waals surface area contributed by atoms with Crippen molar-refractivity contribution in [2.45, 2.75) is 18.9 Å². The van der Waals surface area contributed by atoms with Gasteiger partial charge in [-0.15, -0.1) is 0 Å². The highest BCUT2D eigenvalue weighted by Gasteiger charge is 2.62. The molecule has 1 amide bonds. The molecule has 0 radical (unpaired) electrons. The zero-order valence-electron chi connectivity index (χ0n) is 12.4. The monoisotopic (exact) mass is 303 g/mol. The number of benzene rings is 1. The Hall–Kier alpha value is -2.37. The Bertz CT molecular complexity index is 638. The maximum absolute atomic E-state index is 12.5. The van der Waals surface area contributed by atoms with Gasteiger partial charge in [0.1, 0.15) is 0 Å². The van der Waals surface area contributed by atoms with E-state index in [-0.39, 0.29) is 24.8 Å². The largest absolute Gasteiger partial charge is 0.468 e. The number of esters is 2. The van der Waals surface area contributed by atoms with Gasteiger partial charge in [-0.2, -0.15) is 0 Å². The summed E-state index contributed by atoms with van der Waals surface area (Å²) in [4.78, 5) is 36.9. The molecule has 1 saturated heterocycles. The van der Waals surface area contributed by atoms with E-state index in [9.17, 15) is 14.4 Å². The lowest BCUT2D eigenvalue weighted by atomic mass is 9.62. The number of amides is 1. The van der Waals surface area contributed by atoms with E-state index < -0.39 is 23.3 Å². The molecule has 0 saturated carbocycles. The van der Waals surface area contributed by atoms with Crippen LogP contribution in [0.5, 0.6) is 0 Å². The van der Waals surface area contributed by atoms with Crippen molar-refractivity contribution < 1.29 is 23.9 Å². The molecule has 2 aliphatic rings. The van der Waals surface area contributed by atoms with Crippen molar-refractivity contribution in [1.82, 2.24) is 5.32 Å². The van der Waals surface area contributed by atoms with Gasteiger partial charge < -0.3 is 14.8 Å². The summed E-state index contributed by atoms with van der Waals surface area (Å²) >= 11 is 0. The molecule has 6 heteroatoms. The normalized spacial score (nSPS) is 24.7. The average Bonchev–Trinajstić information content (AvgIpc) is 2.94. The van der Waals surface area contributed by atoms with Crippen molar-refractivity contribution in [3.63, 3.8) is 0 Å². The van der Waals surface area contributed by atoms with Gasteiger partial charge in [-0.3, -0.25) is 14.4 Å². The number of rotatable bonds is 2. The molecular formula is C16H17NO5. The lowest BCUT2D eigenvalue weighted by Gasteiger charge is -2.41. The Morgan fingerprint density at radius 1 is 1.18 bits per heavy atom. The molecular weight excluding hydrogens is 286 g/mol. The topological polar surface area (TPSA) is 81.7 Å². The maximum Gasteiger partial charge on any atom is 0.323 e. The average molecular weight is 303 g/mol. The van der Waals surface area contributed by atoms with E-state index in [1.54, 1.807) is 0 Å². The van der Waals surface area contributed by atoms with E-state index in [1.807, 2.05) is 24.3 Å². The predicted octanol–water partition coefficient (Wildman–Crippen LogP) is 0.752. The van der Waals surface area contributed by atoms with E-state index in [0.29, 0.717) is 0 Å². The van der Waals surface area contributed by atoms with Gasteiger partial charge in [0.25, 0.3) is 0 Å². The molecule has 22 heavy (non-hydrogen) atoms. The lowest BCUT2D eigenvalue weighted by molar-refractivity contribution is -0.175. The van der Waals surface area contributed by atoms with Crippen molar-refractivity contribution in [3.8, 4) is 0 Å². The van der Waals surface area contributed by atoms with Gasteiger partial charge in [-0.05, 0) is 17.5 Å². The van der Waals surface area contributed by atoms with Crippen molar-refractivity contribution in [2.75, 3.05) is 14.2 Å². The number of methoxy groups -OCH3 is 2. The van der Waals surface area contributed by atoms with E-state index >= 15 is 0 Å². The minimum atomic E-state index is -1.48. The fourth-order valence-electron chi connectivity index (χ4n) is 3.73. The van der Waals surface area contributed by atoms with Crippen LogP contribution in [-0.2, 0) is 30.3 Å². The van der Waals surface area contributed by atoms with Gasteiger partial charge in [0.2, 0.25) is 5.91 Å². The molecule has 1 aliphatic carbocycles. The first kappa shape index (κ1) is 14.6. The third kappa shape index (κ3) is 1.83. The Labute approximate surface area is 127 Å². The van der Waals surface area contributed by atoms with Crippen LogP contribution < -0.4 is 5.32 Å². The summed E-state index contributed by atoms with van der Waals surface area (Å²) in [5.41, 5.74) is 0.310. The summed E-state index contributed by atoms with van der Waals surface area (Å²) in [6, 6.07) is 7.11. The predicted molar refractivity (Wildman–Crippen MR) is 75.6 cm³/mol. The second kappa shape index (κ2) is 5.12. The molecule has 1 aliphatic heterocycles. The molecule has 1 aromatic carbocycles. The van der Waals surface area contributed by atoms with E-state index in [4.69, 9.17) is 9.47 Å². The summed E-state index contributed by atoms with van der Waals surface area (Å²) in [6.45, 7) is 0. The molecule has 0 unspecified atom stereocenters. The minimum Gasteiger partial charge on any atom is -0.468 e. The summed E-state index contributed by atoms with van der Waals surface area (Å²) in [5.74, 6) is -1.99. The first-order chi connectivity index (χ1) is 10.5. The summed E-state index contributed by atoms with van der Waals surface area (Å²) in [5, 5.41) is 2.87. The van der Waals surface area contributed by atoms with Crippen molar-refractivity contribution in [1.29, 1.82) is 0 Å². The Balaban J connectivity index is 2.20. The quantitative estimate of drug-likeness (QED) is 0.644. The minimum absolute atomic E-state index is 0.100. The second-order valence-corrected chi connectivity index (χ2v) is 5.69. The van der Waals surface area contributed by atoms with Crippen molar-refractivity contribution in [2.24, 2.45) is 11.3 Å². The van der Waals surface area contributed by atoms with Crippen molar-refractivity contribution >= 4 is 17.8 Å². The molecule has 6 nitrogen and oxygen atoms in total. The van der Waals surface area contributed by atoms with Gasteiger partial charge in [-0.25, -0.2) is 0 Å². The molecule has 3 rings (SSSR count). The van der Waals surface area contributed by atoms with Crippen LogP contribution in [0.3, 0.4) is 0 Å². The zero-order valence-corrected chi connectivity index (χ0v) is 12.4. The first-order valence-corrected chi connectivity index (χ1v) is 7.08. The number of hydrogen-bond donors (Lipinski definition) is 1. The fourth-order valence-corrected chi connectivity index (χ4v) is 3.73. The van der Waals surface area contributed by atoms with Gasteiger partial charge in [-0.1, -0.05) is 24.3 Å². The van der Waals surface area contributed by atoms with Gasteiger partial charge in [0, 0.05) is 12.3 Å². The summed E-state index contributed by atoms with van der Waals surface area (Å²) < 4.78 is 9.79. The number of carbonyl (C=O) groups is 3. The van der Waals surface area contributed by atoms with Crippen molar-refractivity contribution in [3.05, 3.63) is 35.4 Å². The van der Waals surface area contributed by atoms with Crippen LogP contribution in [0, 0.1) is 11.3 Å². The van der Waals surface area contributed by atoms with Gasteiger partial charge >= 0.3 is 11.9 Å². The van der Waals surface area contributed by atoms with Crippen LogP contribution in [-0.4, -0.2) is 32.1 Å². The molecule has 1 heterocycles. The number of carbonyl (C=O) groups excluding carboxylic acids is 3. The second-order valence-electron chi connectivity index (χ2n) is 5.69. The van der Waals surface area contributed by atoms with Crippen LogP contribution in [0.1, 0.15) is 23.6 Å². The van der Waals surface area contributed by atoms with Crippen LogP contribution >= 0.6 is 0 Å². The summed E-state index contributed by atoms with van der Waals surface area (Å²) in [6.07, 6.45) is 0.280. The highest BCUT2D eigenvalue weighted by molar-refractivity contribution is 6.02. The number of ether oxygens (including phenoxy) is 2. The first-order valence-electron chi connectivity index (χ1n) is 7.08. The maximum atomic E-state index is 12.5. The number of nitrogens with one attached hydrogen (secondary N) is 1. The molecule has 1 N–H and O–H groups in total. The Morgan fingerprint density at radius 3 is 2.45 bits per heavy atom. The fraction of sp³-hybridized carbons (Fsp3) is 0.438. The smallest absolute Gasteiger partial charge is 0.323 e. The van der Waals surface area contributed by atoms with Gasteiger partial charge in [0.15, 0.2) is 5.41 Å². The van der Waals surface area contributed by atoms with E-state index in [1.165, 1.54) is 14.2 Å². The lowest BCUT2D eigenvalue weighted by Crippen LogP contribution is -2.52. The molecule has 1 aromatic rings. The van der Waals surface area contributed by atoms with Crippen LogP contribution in [0.25, 0.3) is 0 Å². The number of hydrogen-bond acceptors (Lipinski definition) is 5. The number of fused-ring (bicyclic) bond motifs is 3. The SMILES string of the molecule is COC(=O)C1(C(=O)OC)Cc2ccccc2[C@@H]2NC(=O)C[C@@H]21. The van der Waals surface area contributed by atoms with Crippen LogP contribution in [0.4, 0.5) is 0 Å². The van der Waals surface area contributed by atoms with E-state index in [0.717, 1.165) is 11.1 Å². The molecule has 2 atom stereocenters. The van der Waals surface area contributed by atoms with Crippen LogP contribution in [0.15, 0.2) is 24.3 Å².